The van der Waals surface area contributed by atoms with E-state index < -0.39 is 28.6 Å². The van der Waals surface area contributed by atoms with Crippen LogP contribution in [0.1, 0.15) is 40.9 Å². The molecule has 0 aliphatic heterocycles. The van der Waals surface area contributed by atoms with E-state index in [1.165, 1.54) is 6.08 Å². The minimum absolute atomic E-state index is 0.334. The second-order valence-corrected chi connectivity index (χ2v) is 9.05. The van der Waals surface area contributed by atoms with Crippen molar-refractivity contribution >= 4 is 27.9 Å². The van der Waals surface area contributed by atoms with Crippen molar-refractivity contribution in [1.82, 2.24) is 4.72 Å². The van der Waals surface area contributed by atoms with E-state index in [2.05, 4.69) is 4.72 Å². The predicted octanol–water partition coefficient (Wildman–Crippen LogP) is 3.64. The fourth-order valence-corrected chi connectivity index (χ4v) is 3.88. The van der Waals surface area contributed by atoms with Crippen LogP contribution in [0.15, 0.2) is 53.9 Å². The number of nitrogens with one attached hydrogen (secondary N) is 1. The Bertz CT molecular complexity index is 1030. The third-order valence-electron chi connectivity index (χ3n) is 4.49. The lowest BCUT2D eigenvalue weighted by Crippen LogP contribution is -2.45. The summed E-state index contributed by atoms with van der Waals surface area (Å²) in [5.74, 6) is -1.49. The highest BCUT2D eigenvalue weighted by molar-refractivity contribution is 7.92. The van der Waals surface area contributed by atoms with E-state index >= 15 is 0 Å². The average molecular weight is 430 g/mol. The molecule has 0 heterocycles. The molecule has 6 nitrogen and oxygen atoms in total. The predicted molar refractivity (Wildman–Crippen MR) is 117 cm³/mol. The monoisotopic (exact) mass is 429 g/mol. The molecule has 2 aromatic carbocycles. The van der Waals surface area contributed by atoms with Crippen LogP contribution in [-0.4, -0.2) is 32.8 Å². The maximum absolute atomic E-state index is 12.5. The highest BCUT2D eigenvalue weighted by Gasteiger charge is 2.28. The first kappa shape index (κ1) is 23.5. The molecule has 0 aromatic heterocycles. The Hall–Kier alpha value is -2.77. The Morgan fingerprint density at radius 2 is 1.73 bits per heavy atom. The van der Waals surface area contributed by atoms with Crippen molar-refractivity contribution in [3.8, 4) is 0 Å². The van der Waals surface area contributed by atoms with Crippen LogP contribution in [0.3, 0.4) is 0 Å². The van der Waals surface area contributed by atoms with Gasteiger partial charge in [0.15, 0.2) is 6.61 Å². The number of Topliss-reactive ketones (excluding diaryl/α,β-unsaturated/α-hetero) is 1. The van der Waals surface area contributed by atoms with E-state index in [1.807, 2.05) is 25.1 Å². The van der Waals surface area contributed by atoms with Crippen molar-refractivity contribution in [2.24, 2.45) is 5.92 Å². The van der Waals surface area contributed by atoms with Crippen molar-refractivity contribution in [3.63, 3.8) is 0 Å². The molecular weight excluding hydrogens is 402 g/mol. The first-order chi connectivity index (χ1) is 14.1. The Morgan fingerprint density at radius 3 is 2.37 bits per heavy atom. The highest BCUT2D eigenvalue weighted by atomic mass is 32.2. The van der Waals surface area contributed by atoms with E-state index in [-0.39, 0.29) is 11.7 Å². The fraction of sp³-hybridized carbons (Fsp3) is 0.304. The quantitative estimate of drug-likeness (QED) is 0.485. The summed E-state index contributed by atoms with van der Waals surface area (Å²) in [5.41, 5.74) is 2.91. The van der Waals surface area contributed by atoms with Crippen LogP contribution in [0.4, 0.5) is 0 Å². The lowest BCUT2D eigenvalue weighted by molar-refractivity contribution is -0.145. The van der Waals surface area contributed by atoms with Crippen LogP contribution >= 0.6 is 0 Å². The first-order valence-electron chi connectivity index (χ1n) is 9.61. The minimum Gasteiger partial charge on any atom is -0.456 e. The molecule has 0 aliphatic carbocycles. The largest absolute Gasteiger partial charge is 0.456 e. The number of aryl methyl sites for hydroxylation is 2. The lowest BCUT2D eigenvalue weighted by Gasteiger charge is -2.19. The minimum atomic E-state index is -3.89. The van der Waals surface area contributed by atoms with Crippen LogP contribution in [0.2, 0.25) is 0 Å². The number of ether oxygens (including phenoxy) is 1. The number of hydrogen-bond donors (Lipinski definition) is 1. The second kappa shape index (κ2) is 10.3. The molecule has 160 valence electrons. The highest BCUT2D eigenvalue weighted by Crippen LogP contribution is 2.13. The maximum Gasteiger partial charge on any atom is 0.324 e. The van der Waals surface area contributed by atoms with Gasteiger partial charge in [-0.25, -0.2) is 8.42 Å². The van der Waals surface area contributed by atoms with Crippen LogP contribution in [0.25, 0.3) is 6.08 Å². The van der Waals surface area contributed by atoms with Gasteiger partial charge in [0.25, 0.3) is 0 Å². The van der Waals surface area contributed by atoms with Crippen molar-refractivity contribution in [1.29, 1.82) is 0 Å². The Kier molecular flexibility index (Phi) is 8.08. The number of carbonyl (C=O) groups excluding carboxylic acids is 2. The van der Waals surface area contributed by atoms with Gasteiger partial charge in [0.05, 0.1) is 0 Å². The lowest BCUT2D eigenvalue weighted by atomic mass is 10.0. The molecule has 0 bridgehead atoms. The van der Waals surface area contributed by atoms with Crippen LogP contribution in [-0.2, 0) is 19.6 Å². The summed E-state index contributed by atoms with van der Waals surface area (Å²) in [6.07, 6.45) is 1.44. The number of carbonyl (C=O) groups is 2. The number of esters is 1. The molecule has 2 rings (SSSR count). The number of hydrogen-bond acceptors (Lipinski definition) is 5. The molecule has 1 N–H and O–H groups in total. The normalized spacial score (nSPS) is 12.8. The summed E-state index contributed by atoms with van der Waals surface area (Å²) >= 11 is 0. The van der Waals surface area contributed by atoms with Crippen molar-refractivity contribution < 1.29 is 22.7 Å². The molecular formula is C23H27NO5S. The van der Waals surface area contributed by atoms with Gasteiger partial charge in [-0.05, 0) is 43.0 Å². The molecule has 0 saturated carbocycles. The van der Waals surface area contributed by atoms with Gasteiger partial charge >= 0.3 is 5.97 Å². The van der Waals surface area contributed by atoms with Crippen LogP contribution in [0, 0.1) is 19.8 Å². The average Bonchev–Trinajstić information content (AvgIpc) is 2.71. The van der Waals surface area contributed by atoms with Gasteiger partial charge in [-0.3, -0.25) is 9.59 Å². The van der Waals surface area contributed by atoms with Gasteiger partial charge in [0, 0.05) is 11.0 Å². The summed E-state index contributed by atoms with van der Waals surface area (Å²) in [7, 11) is -3.89. The Balaban J connectivity index is 2.04. The van der Waals surface area contributed by atoms with Gasteiger partial charge in [-0.2, -0.15) is 4.72 Å². The van der Waals surface area contributed by atoms with Gasteiger partial charge in [-0.1, -0.05) is 61.9 Å². The molecule has 1 atom stereocenters. The van der Waals surface area contributed by atoms with E-state index in [0.717, 1.165) is 16.5 Å². The SMILES string of the molecule is Cc1ccc(C)c(C(=O)COC(=O)[C@@H](NS(=O)(=O)/C=C/c2ccccc2)C(C)C)c1. The number of rotatable bonds is 9. The standard InChI is InChI=1S/C23H27NO5S/c1-16(2)22(24-30(27,28)13-12-19-8-6-5-7-9-19)23(26)29-15-21(25)20-14-17(3)10-11-18(20)4/h5-14,16,22,24H,15H2,1-4H3/b13-12+/t22-/m0/s1. The summed E-state index contributed by atoms with van der Waals surface area (Å²) in [6.45, 7) is 6.62. The third-order valence-corrected chi connectivity index (χ3v) is 5.57. The van der Waals surface area contributed by atoms with Gasteiger partial charge in [-0.15, -0.1) is 0 Å². The topological polar surface area (TPSA) is 89.5 Å². The molecule has 0 aliphatic rings. The molecule has 0 spiro atoms. The zero-order valence-electron chi connectivity index (χ0n) is 17.6. The number of benzene rings is 2. The third kappa shape index (κ3) is 6.93. The molecule has 30 heavy (non-hydrogen) atoms. The van der Waals surface area contributed by atoms with Crippen LogP contribution in [0.5, 0.6) is 0 Å². The smallest absolute Gasteiger partial charge is 0.324 e. The first-order valence-corrected chi connectivity index (χ1v) is 11.2. The van der Waals surface area contributed by atoms with Crippen molar-refractivity contribution in [2.75, 3.05) is 6.61 Å². The second-order valence-electron chi connectivity index (χ2n) is 7.45. The van der Waals surface area contributed by atoms with Crippen molar-refractivity contribution in [3.05, 3.63) is 76.2 Å². The Morgan fingerprint density at radius 1 is 1.07 bits per heavy atom. The van der Waals surface area contributed by atoms with E-state index in [4.69, 9.17) is 4.74 Å². The summed E-state index contributed by atoms with van der Waals surface area (Å²) in [6, 6.07) is 13.3. The van der Waals surface area contributed by atoms with Crippen molar-refractivity contribution in [2.45, 2.75) is 33.7 Å². The molecule has 0 fully saturated rings. The fourth-order valence-electron chi connectivity index (χ4n) is 2.75. The molecule has 0 unspecified atom stereocenters. The Labute approximate surface area is 178 Å². The van der Waals surface area contributed by atoms with E-state index in [0.29, 0.717) is 11.1 Å². The molecule has 2 aromatic rings. The number of ketones is 1. The zero-order valence-corrected chi connectivity index (χ0v) is 18.4. The summed E-state index contributed by atoms with van der Waals surface area (Å²) in [5, 5.41) is 1.01. The van der Waals surface area contributed by atoms with E-state index in [1.54, 1.807) is 51.1 Å². The summed E-state index contributed by atoms with van der Waals surface area (Å²) in [4.78, 5) is 24.9. The number of sulfonamides is 1. The summed E-state index contributed by atoms with van der Waals surface area (Å²) < 4.78 is 32.3. The molecule has 0 saturated heterocycles. The van der Waals surface area contributed by atoms with Gasteiger partial charge in [0.1, 0.15) is 6.04 Å². The zero-order chi connectivity index (χ0) is 22.3. The molecule has 0 amide bonds. The van der Waals surface area contributed by atoms with Gasteiger partial charge < -0.3 is 4.74 Å². The molecule has 0 radical (unpaired) electrons. The molecule has 7 heteroatoms. The van der Waals surface area contributed by atoms with Crippen LogP contribution < -0.4 is 4.72 Å². The maximum atomic E-state index is 12.5. The van der Waals surface area contributed by atoms with E-state index in [9.17, 15) is 18.0 Å². The van der Waals surface area contributed by atoms with Gasteiger partial charge in [0.2, 0.25) is 15.8 Å².